The lowest BCUT2D eigenvalue weighted by Gasteiger charge is -2.33. The summed E-state index contributed by atoms with van der Waals surface area (Å²) in [4.78, 5) is 23.6. The molecule has 1 atom stereocenters. The standard InChI is InChI=1S/C21H25FN4O3S/c1-14-17-9-10-19(27)26(13-15-6-3-4-8-18(15)22)21(17)24-20(23-14)16-7-5-11-25(12-16)30(2,28)29/h3-4,6,8,16H,5,7,9-13H2,1-2H3/t16-/m1/s1. The molecule has 3 heterocycles. The Morgan fingerprint density at radius 1 is 1.20 bits per heavy atom. The number of benzene rings is 1. The first-order valence-corrected chi connectivity index (χ1v) is 11.9. The van der Waals surface area contributed by atoms with Gasteiger partial charge >= 0.3 is 0 Å². The third kappa shape index (κ3) is 4.09. The Balaban J connectivity index is 1.70. The number of hydrogen-bond acceptors (Lipinski definition) is 5. The average molecular weight is 433 g/mol. The molecule has 2 aliphatic heterocycles. The predicted octanol–water partition coefficient (Wildman–Crippen LogP) is 2.54. The van der Waals surface area contributed by atoms with Gasteiger partial charge in [0.2, 0.25) is 15.9 Å². The maximum Gasteiger partial charge on any atom is 0.228 e. The molecule has 2 aliphatic rings. The summed E-state index contributed by atoms with van der Waals surface area (Å²) in [5, 5.41) is 0. The second-order valence-electron chi connectivity index (χ2n) is 8.00. The van der Waals surface area contributed by atoms with Crippen molar-refractivity contribution in [1.82, 2.24) is 14.3 Å². The van der Waals surface area contributed by atoms with Gasteiger partial charge in [-0.05, 0) is 32.3 Å². The third-order valence-corrected chi connectivity index (χ3v) is 7.13. The number of carbonyl (C=O) groups is 1. The maximum atomic E-state index is 14.2. The second-order valence-corrected chi connectivity index (χ2v) is 9.98. The minimum atomic E-state index is -3.29. The normalized spacial score (nSPS) is 20.3. The van der Waals surface area contributed by atoms with Gasteiger partial charge < -0.3 is 0 Å². The predicted molar refractivity (Wildman–Crippen MR) is 111 cm³/mol. The van der Waals surface area contributed by atoms with E-state index in [9.17, 15) is 17.6 Å². The molecule has 1 amide bonds. The SMILES string of the molecule is Cc1nc([C@@H]2CCCN(S(C)(=O)=O)C2)nc2c1CCC(=O)N2Cc1ccccc1F. The molecule has 0 unspecified atom stereocenters. The summed E-state index contributed by atoms with van der Waals surface area (Å²) in [5.74, 6) is 0.474. The highest BCUT2D eigenvalue weighted by atomic mass is 32.2. The molecule has 0 spiro atoms. The van der Waals surface area contributed by atoms with E-state index >= 15 is 0 Å². The molecule has 160 valence electrons. The molecule has 1 fully saturated rings. The summed E-state index contributed by atoms with van der Waals surface area (Å²) in [7, 11) is -3.29. The van der Waals surface area contributed by atoms with Crippen LogP contribution in [0, 0.1) is 12.7 Å². The monoisotopic (exact) mass is 432 g/mol. The maximum absolute atomic E-state index is 14.2. The van der Waals surface area contributed by atoms with Crippen LogP contribution >= 0.6 is 0 Å². The van der Waals surface area contributed by atoms with E-state index in [1.54, 1.807) is 18.2 Å². The van der Waals surface area contributed by atoms with Gasteiger partial charge in [0.15, 0.2) is 0 Å². The van der Waals surface area contributed by atoms with E-state index in [1.807, 2.05) is 6.92 Å². The third-order valence-electron chi connectivity index (χ3n) is 5.86. The van der Waals surface area contributed by atoms with Crippen LogP contribution in [0.2, 0.25) is 0 Å². The van der Waals surface area contributed by atoms with Crippen molar-refractivity contribution in [3.8, 4) is 0 Å². The number of sulfonamides is 1. The Hall–Kier alpha value is -2.39. The van der Waals surface area contributed by atoms with E-state index in [0.29, 0.717) is 43.1 Å². The van der Waals surface area contributed by atoms with Crippen molar-refractivity contribution in [2.75, 3.05) is 24.2 Å². The minimum absolute atomic E-state index is 0.101. The Bertz CT molecular complexity index is 1090. The fourth-order valence-corrected chi connectivity index (χ4v) is 5.11. The van der Waals surface area contributed by atoms with E-state index in [1.165, 1.54) is 21.5 Å². The average Bonchev–Trinajstić information content (AvgIpc) is 2.71. The fraction of sp³-hybridized carbons (Fsp3) is 0.476. The molecule has 2 aromatic rings. The molecule has 0 bridgehead atoms. The molecule has 9 heteroatoms. The first kappa shape index (κ1) is 20.9. The Morgan fingerprint density at radius 3 is 2.70 bits per heavy atom. The summed E-state index contributed by atoms with van der Waals surface area (Å²) in [6, 6.07) is 6.40. The van der Waals surface area contributed by atoms with Crippen molar-refractivity contribution in [1.29, 1.82) is 0 Å². The number of amides is 1. The first-order valence-electron chi connectivity index (χ1n) is 10.1. The highest BCUT2D eigenvalue weighted by molar-refractivity contribution is 7.88. The van der Waals surface area contributed by atoms with Crippen molar-refractivity contribution in [3.63, 3.8) is 0 Å². The van der Waals surface area contributed by atoms with Crippen molar-refractivity contribution in [3.05, 3.63) is 52.7 Å². The molecular weight excluding hydrogens is 407 g/mol. The van der Waals surface area contributed by atoms with E-state index in [0.717, 1.165) is 24.1 Å². The van der Waals surface area contributed by atoms with E-state index in [4.69, 9.17) is 4.98 Å². The van der Waals surface area contributed by atoms with Crippen LogP contribution in [0.5, 0.6) is 0 Å². The van der Waals surface area contributed by atoms with Gasteiger partial charge in [0.25, 0.3) is 0 Å². The zero-order chi connectivity index (χ0) is 21.5. The van der Waals surface area contributed by atoms with Gasteiger partial charge in [0.05, 0.1) is 12.8 Å². The molecule has 0 saturated carbocycles. The number of piperidine rings is 1. The number of rotatable bonds is 4. The van der Waals surface area contributed by atoms with Crippen LogP contribution in [0.25, 0.3) is 0 Å². The van der Waals surface area contributed by atoms with E-state index < -0.39 is 10.0 Å². The first-order chi connectivity index (χ1) is 14.2. The van der Waals surface area contributed by atoms with Crippen LogP contribution in [0.4, 0.5) is 10.2 Å². The van der Waals surface area contributed by atoms with Gasteiger partial charge in [0.1, 0.15) is 17.5 Å². The number of nitrogens with zero attached hydrogens (tertiary/aromatic N) is 4. The zero-order valence-electron chi connectivity index (χ0n) is 17.1. The Morgan fingerprint density at radius 2 is 1.97 bits per heavy atom. The summed E-state index contributed by atoms with van der Waals surface area (Å²) < 4.78 is 39.7. The van der Waals surface area contributed by atoms with Crippen molar-refractivity contribution in [2.24, 2.45) is 0 Å². The molecule has 0 N–H and O–H groups in total. The Labute approximate surface area is 176 Å². The van der Waals surface area contributed by atoms with Gasteiger partial charge in [-0.1, -0.05) is 18.2 Å². The largest absolute Gasteiger partial charge is 0.292 e. The number of carbonyl (C=O) groups excluding carboxylic acids is 1. The number of hydrogen-bond donors (Lipinski definition) is 0. The number of fused-ring (bicyclic) bond motifs is 1. The minimum Gasteiger partial charge on any atom is -0.292 e. The number of anilines is 1. The van der Waals surface area contributed by atoms with E-state index in [-0.39, 0.29) is 24.2 Å². The Kier molecular flexibility index (Phi) is 5.59. The molecular formula is C21H25FN4O3S. The topological polar surface area (TPSA) is 83.5 Å². The molecule has 7 nitrogen and oxygen atoms in total. The highest BCUT2D eigenvalue weighted by Gasteiger charge is 2.32. The molecule has 1 aromatic heterocycles. The van der Waals surface area contributed by atoms with Gasteiger partial charge in [-0.25, -0.2) is 27.1 Å². The van der Waals surface area contributed by atoms with Gasteiger partial charge in [-0.2, -0.15) is 0 Å². The molecule has 0 radical (unpaired) electrons. The summed E-state index contributed by atoms with van der Waals surface area (Å²) in [6.45, 7) is 2.82. The van der Waals surface area contributed by atoms with E-state index in [2.05, 4.69) is 4.98 Å². The number of halogens is 1. The van der Waals surface area contributed by atoms with Crippen LogP contribution in [0.3, 0.4) is 0 Å². The number of aryl methyl sites for hydroxylation is 1. The lowest BCUT2D eigenvalue weighted by Crippen LogP contribution is -2.40. The van der Waals surface area contributed by atoms with Gasteiger partial charge in [-0.3, -0.25) is 9.69 Å². The van der Waals surface area contributed by atoms with Crippen LogP contribution in [0.15, 0.2) is 24.3 Å². The van der Waals surface area contributed by atoms with Crippen LogP contribution < -0.4 is 4.90 Å². The van der Waals surface area contributed by atoms with Crippen molar-refractivity contribution >= 4 is 21.7 Å². The molecule has 1 aromatic carbocycles. The lowest BCUT2D eigenvalue weighted by atomic mass is 9.97. The quantitative estimate of drug-likeness (QED) is 0.741. The zero-order valence-corrected chi connectivity index (χ0v) is 18.0. The van der Waals surface area contributed by atoms with Crippen LogP contribution in [-0.4, -0.2) is 47.9 Å². The summed E-state index contributed by atoms with van der Waals surface area (Å²) in [6.07, 6.45) is 3.61. The molecule has 4 rings (SSSR count). The fourth-order valence-electron chi connectivity index (χ4n) is 4.20. The van der Waals surface area contributed by atoms with Crippen LogP contribution in [-0.2, 0) is 27.8 Å². The van der Waals surface area contributed by atoms with Crippen molar-refractivity contribution < 1.29 is 17.6 Å². The van der Waals surface area contributed by atoms with Crippen LogP contribution in [0.1, 0.15) is 47.8 Å². The number of aromatic nitrogens is 2. The second kappa shape index (κ2) is 8.03. The van der Waals surface area contributed by atoms with Gasteiger partial charge in [-0.15, -0.1) is 0 Å². The summed E-state index contributed by atoms with van der Waals surface area (Å²) in [5.41, 5.74) is 2.11. The molecule has 30 heavy (non-hydrogen) atoms. The van der Waals surface area contributed by atoms with Gasteiger partial charge in [0, 0.05) is 42.2 Å². The summed E-state index contributed by atoms with van der Waals surface area (Å²) >= 11 is 0. The smallest absolute Gasteiger partial charge is 0.228 e. The highest BCUT2D eigenvalue weighted by Crippen LogP contribution is 2.33. The molecule has 1 saturated heterocycles. The lowest BCUT2D eigenvalue weighted by molar-refractivity contribution is -0.119. The van der Waals surface area contributed by atoms with Crippen molar-refractivity contribution in [2.45, 2.75) is 45.1 Å². The molecule has 0 aliphatic carbocycles.